The van der Waals surface area contributed by atoms with Crippen LogP contribution in [0, 0.1) is 18.3 Å². The van der Waals surface area contributed by atoms with Gasteiger partial charge in [0.25, 0.3) is 0 Å². The monoisotopic (exact) mass is 309 g/mol. The topological polar surface area (TPSA) is 69.3 Å². The minimum atomic E-state index is -0.131. The van der Waals surface area contributed by atoms with E-state index in [4.69, 9.17) is 9.68 Å². The minimum absolute atomic E-state index is 0.131. The number of furan rings is 1. The highest BCUT2D eigenvalue weighted by atomic mass is 16.3. The molecule has 5 nitrogen and oxygen atoms in total. The lowest BCUT2D eigenvalue weighted by Gasteiger charge is -2.37. The third-order valence-electron chi connectivity index (χ3n) is 4.16. The molecular formula is C18H19N3O2. The van der Waals surface area contributed by atoms with E-state index in [1.165, 1.54) is 0 Å². The van der Waals surface area contributed by atoms with Crippen LogP contribution in [-0.2, 0) is 6.54 Å². The molecule has 0 radical (unpaired) electrons. The fourth-order valence-electron chi connectivity index (χ4n) is 2.63. The summed E-state index contributed by atoms with van der Waals surface area (Å²) < 4.78 is 5.61. The van der Waals surface area contributed by atoms with Crippen molar-refractivity contribution in [3.05, 3.63) is 53.5 Å². The van der Waals surface area contributed by atoms with Crippen LogP contribution in [0.5, 0.6) is 0 Å². The molecule has 0 spiro atoms. The maximum absolute atomic E-state index is 12.6. The second-order valence-electron chi connectivity index (χ2n) is 5.84. The van der Waals surface area contributed by atoms with Crippen molar-refractivity contribution < 1.29 is 9.21 Å². The number of benzene rings is 1. The molecule has 0 unspecified atom stereocenters. The molecule has 2 aromatic rings. The van der Waals surface area contributed by atoms with Gasteiger partial charge in [-0.05, 0) is 62.6 Å². The van der Waals surface area contributed by atoms with Crippen LogP contribution in [0.1, 0.15) is 36.3 Å². The number of anilines is 1. The van der Waals surface area contributed by atoms with Crippen LogP contribution in [0.3, 0.4) is 0 Å². The van der Waals surface area contributed by atoms with Gasteiger partial charge >= 0.3 is 6.03 Å². The number of hydrogen-bond donors (Lipinski definition) is 1. The molecule has 0 saturated heterocycles. The van der Waals surface area contributed by atoms with Crippen LogP contribution in [-0.4, -0.2) is 17.0 Å². The van der Waals surface area contributed by atoms with Crippen molar-refractivity contribution in [2.45, 2.75) is 38.8 Å². The van der Waals surface area contributed by atoms with Gasteiger partial charge in [-0.2, -0.15) is 5.26 Å². The number of amides is 2. The van der Waals surface area contributed by atoms with Gasteiger partial charge in [0.1, 0.15) is 11.5 Å². The van der Waals surface area contributed by atoms with E-state index in [0.29, 0.717) is 17.8 Å². The Morgan fingerprint density at radius 2 is 2.04 bits per heavy atom. The fourth-order valence-corrected chi connectivity index (χ4v) is 2.63. The number of nitrogens with one attached hydrogen (secondary N) is 1. The predicted octanol–water partition coefficient (Wildman–Crippen LogP) is 4.05. The summed E-state index contributed by atoms with van der Waals surface area (Å²) in [7, 11) is 0. The van der Waals surface area contributed by atoms with Crippen molar-refractivity contribution >= 4 is 11.7 Å². The molecule has 5 heteroatoms. The van der Waals surface area contributed by atoms with E-state index in [1.54, 1.807) is 24.3 Å². The molecule has 1 saturated carbocycles. The van der Waals surface area contributed by atoms with Crippen molar-refractivity contribution in [3.8, 4) is 6.07 Å². The first kappa shape index (κ1) is 15.2. The zero-order valence-corrected chi connectivity index (χ0v) is 13.1. The van der Waals surface area contributed by atoms with Crippen LogP contribution in [0.4, 0.5) is 10.5 Å². The van der Waals surface area contributed by atoms with Crippen LogP contribution in [0.2, 0.25) is 0 Å². The fraction of sp³-hybridized carbons (Fsp3) is 0.333. The predicted molar refractivity (Wildman–Crippen MR) is 86.8 cm³/mol. The maximum Gasteiger partial charge on any atom is 0.322 e. The molecule has 1 aliphatic rings. The smallest absolute Gasteiger partial charge is 0.322 e. The van der Waals surface area contributed by atoms with Crippen molar-refractivity contribution in [1.29, 1.82) is 5.26 Å². The van der Waals surface area contributed by atoms with Crippen molar-refractivity contribution in [1.82, 2.24) is 4.90 Å². The van der Waals surface area contributed by atoms with E-state index in [-0.39, 0.29) is 12.1 Å². The largest absolute Gasteiger partial charge is 0.464 e. The Kier molecular flexibility index (Phi) is 4.33. The number of carbonyl (C=O) groups is 1. The molecule has 118 valence electrons. The van der Waals surface area contributed by atoms with Gasteiger partial charge in [0.15, 0.2) is 0 Å². The Balaban J connectivity index is 1.70. The standard InChI is InChI=1S/C18H19N3O2/c1-13-5-10-17(23-13)12-21(16-3-2-4-16)18(22)20-15-8-6-14(11-19)7-9-15/h5-10,16H,2-4,12H2,1H3,(H,20,22). The summed E-state index contributed by atoms with van der Waals surface area (Å²) in [5.41, 5.74) is 1.26. The lowest BCUT2D eigenvalue weighted by atomic mass is 9.91. The number of aryl methyl sites for hydroxylation is 1. The van der Waals surface area contributed by atoms with Gasteiger partial charge in [0.05, 0.1) is 18.2 Å². The van der Waals surface area contributed by atoms with E-state index < -0.39 is 0 Å². The number of hydrogen-bond acceptors (Lipinski definition) is 3. The van der Waals surface area contributed by atoms with Gasteiger partial charge in [0.2, 0.25) is 0 Å². The van der Waals surface area contributed by atoms with Crippen molar-refractivity contribution in [2.75, 3.05) is 5.32 Å². The third-order valence-corrected chi connectivity index (χ3v) is 4.16. The van der Waals surface area contributed by atoms with Crippen LogP contribution in [0.25, 0.3) is 0 Å². The summed E-state index contributed by atoms with van der Waals surface area (Å²) in [6.45, 7) is 2.37. The molecule has 1 aliphatic carbocycles. The number of rotatable bonds is 4. The Labute approximate surface area is 135 Å². The van der Waals surface area contributed by atoms with E-state index in [2.05, 4.69) is 11.4 Å². The first-order valence-electron chi connectivity index (χ1n) is 7.79. The van der Waals surface area contributed by atoms with Crippen molar-refractivity contribution in [2.24, 2.45) is 0 Å². The molecule has 2 amide bonds. The van der Waals surface area contributed by atoms with Gasteiger partial charge < -0.3 is 14.6 Å². The highest BCUT2D eigenvalue weighted by molar-refractivity contribution is 5.89. The Morgan fingerprint density at radius 3 is 2.57 bits per heavy atom. The second-order valence-corrected chi connectivity index (χ2v) is 5.84. The molecule has 1 N–H and O–H groups in total. The summed E-state index contributed by atoms with van der Waals surface area (Å²) in [5, 5.41) is 11.7. The molecule has 1 aromatic carbocycles. The summed E-state index contributed by atoms with van der Waals surface area (Å²) in [6.07, 6.45) is 3.21. The first-order chi connectivity index (χ1) is 11.2. The average molecular weight is 309 g/mol. The van der Waals surface area contributed by atoms with E-state index >= 15 is 0 Å². The average Bonchev–Trinajstić information content (AvgIpc) is 2.91. The molecule has 0 atom stereocenters. The van der Waals surface area contributed by atoms with Crippen LogP contribution >= 0.6 is 0 Å². The lowest BCUT2D eigenvalue weighted by Crippen LogP contribution is -2.45. The van der Waals surface area contributed by atoms with Crippen LogP contribution < -0.4 is 5.32 Å². The van der Waals surface area contributed by atoms with E-state index in [0.717, 1.165) is 30.8 Å². The van der Waals surface area contributed by atoms with E-state index in [9.17, 15) is 4.79 Å². The lowest BCUT2D eigenvalue weighted by molar-refractivity contribution is 0.137. The van der Waals surface area contributed by atoms with E-state index in [1.807, 2.05) is 24.0 Å². The third kappa shape index (κ3) is 3.54. The highest BCUT2D eigenvalue weighted by Gasteiger charge is 2.29. The number of urea groups is 1. The summed E-state index contributed by atoms with van der Waals surface area (Å²) in [4.78, 5) is 14.5. The SMILES string of the molecule is Cc1ccc(CN(C(=O)Nc2ccc(C#N)cc2)C2CCC2)o1. The normalized spacial score (nSPS) is 13.9. The molecule has 1 fully saturated rings. The zero-order chi connectivity index (χ0) is 16.2. The summed E-state index contributed by atoms with van der Waals surface area (Å²) in [6, 6.07) is 12.9. The quantitative estimate of drug-likeness (QED) is 0.926. The van der Waals surface area contributed by atoms with Gasteiger partial charge in [-0.15, -0.1) is 0 Å². The molecule has 3 rings (SSSR count). The summed E-state index contributed by atoms with van der Waals surface area (Å²) >= 11 is 0. The first-order valence-corrected chi connectivity index (χ1v) is 7.79. The number of nitriles is 1. The molecule has 0 bridgehead atoms. The van der Waals surface area contributed by atoms with Gasteiger partial charge in [0, 0.05) is 11.7 Å². The highest BCUT2D eigenvalue weighted by Crippen LogP contribution is 2.27. The number of nitrogens with zero attached hydrogens (tertiary/aromatic N) is 2. The molecule has 1 aromatic heterocycles. The van der Waals surface area contributed by atoms with Gasteiger partial charge in [-0.1, -0.05) is 0 Å². The Hall–Kier alpha value is -2.74. The van der Waals surface area contributed by atoms with Gasteiger partial charge in [-0.25, -0.2) is 4.79 Å². The Bertz CT molecular complexity index is 723. The molecule has 23 heavy (non-hydrogen) atoms. The summed E-state index contributed by atoms with van der Waals surface area (Å²) in [5.74, 6) is 1.64. The Morgan fingerprint density at radius 1 is 1.30 bits per heavy atom. The second kappa shape index (κ2) is 6.57. The minimum Gasteiger partial charge on any atom is -0.464 e. The van der Waals surface area contributed by atoms with Gasteiger partial charge in [-0.3, -0.25) is 0 Å². The molecule has 0 aliphatic heterocycles. The van der Waals surface area contributed by atoms with Crippen molar-refractivity contribution in [3.63, 3.8) is 0 Å². The van der Waals surface area contributed by atoms with Crippen LogP contribution in [0.15, 0.2) is 40.8 Å². The number of carbonyl (C=O) groups excluding carboxylic acids is 1. The zero-order valence-electron chi connectivity index (χ0n) is 13.1. The molecule has 1 heterocycles. The maximum atomic E-state index is 12.6. The molecular weight excluding hydrogens is 290 g/mol.